The van der Waals surface area contributed by atoms with Crippen molar-refractivity contribution in [3.05, 3.63) is 48.2 Å². The van der Waals surface area contributed by atoms with E-state index in [9.17, 15) is 9.90 Å². The molecule has 114 valence electrons. The quantitative estimate of drug-likeness (QED) is 0.642. The number of ether oxygens (including phenoxy) is 2. The van der Waals surface area contributed by atoms with E-state index in [1.165, 1.54) is 17.9 Å². The van der Waals surface area contributed by atoms with E-state index < -0.39 is 12.3 Å². The van der Waals surface area contributed by atoms with Crippen LogP contribution in [0.15, 0.2) is 42.7 Å². The molecule has 21 heavy (non-hydrogen) atoms. The zero-order valence-corrected chi connectivity index (χ0v) is 12.1. The van der Waals surface area contributed by atoms with Crippen LogP contribution in [0, 0.1) is 0 Å². The molecule has 4 nitrogen and oxygen atoms in total. The summed E-state index contributed by atoms with van der Waals surface area (Å²) in [4.78, 5) is 11.4. The van der Waals surface area contributed by atoms with Crippen LogP contribution in [0.3, 0.4) is 0 Å². The van der Waals surface area contributed by atoms with Gasteiger partial charge >= 0.3 is 6.16 Å². The van der Waals surface area contributed by atoms with Crippen LogP contribution in [0.5, 0.6) is 0 Å². The Morgan fingerprint density at radius 2 is 2.00 bits per heavy atom. The van der Waals surface area contributed by atoms with Crippen molar-refractivity contribution in [3.8, 4) is 0 Å². The molecule has 0 amide bonds. The van der Waals surface area contributed by atoms with Crippen LogP contribution in [-0.4, -0.2) is 23.5 Å². The van der Waals surface area contributed by atoms with Crippen molar-refractivity contribution in [1.29, 1.82) is 0 Å². The third-order valence-electron chi connectivity index (χ3n) is 3.60. The summed E-state index contributed by atoms with van der Waals surface area (Å²) in [5, 5.41) is 9.79. The Kier molecular flexibility index (Phi) is 6.28. The van der Waals surface area contributed by atoms with Gasteiger partial charge in [-0.25, -0.2) is 4.79 Å². The van der Waals surface area contributed by atoms with E-state index in [2.05, 4.69) is 0 Å². The summed E-state index contributed by atoms with van der Waals surface area (Å²) in [6.07, 6.45) is 6.76. The van der Waals surface area contributed by atoms with Crippen molar-refractivity contribution >= 4 is 6.16 Å². The average Bonchev–Trinajstić information content (AvgIpc) is 2.99. The topological polar surface area (TPSA) is 55.8 Å². The normalized spacial score (nSPS) is 17.0. The first kappa shape index (κ1) is 15.6. The van der Waals surface area contributed by atoms with Gasteiger partial charge in [-0.1, -0.05) is 30.3 Å². The molecule has 0 heterocycles. The van der Waals surface area contributed by atoms with Gasteiger partial charge in [0.2, 0.25) is 0 Å². The summed E-state index contributed by atoms with van der Waals surface area (Å²) >= 11 is 0. The molecule has 0 spiro atoms. The lowest BCUT2D eigenvalue weighted by Crippen LogP contribution is -2.14. The van der Waals surface area contributed by atoms with Gasteiger partial charge in [-0.05, 0) is 50.2 Å². The number of hydrogen-bond donors (Lipinski definition) is 1. The molecule has 1 N–H and O–H groups in total. The van der Waals surface area contributed by atoms with E-state index in [1.54, 1.807) is 0 Å². The maximum Gasteiger partial charge on any atom is 0.513 e. The van der Waals surface area contributed by atoms with Crippen molar-refractivity contribution in [2.24, 2.45) is 0 Å². The second-order valence-corrected chi connectivity index (χ2v) is 5.31. The number of aliphatic hydroxyl groups is 1. The van der Waals surface area contributed by atoms with Crippen LogP contribution in [0.4, 0.5) is 4.79 Å². The third-order valence-corrected chi connectivity index (χ3v) is 3.60. The van der Waals surface area contributed by atoms with Crippen molar-refractivity contribution < 1.29 is 19.4 Å². The SMILES string of the molecule is O=C(O/C=C/[C@@H](O)CCc1ccccc1)OC1CCCC1. The number of hydrogen-bond acceptors (Lipinski definition) is 4. The molecule has 0 aliphatic heterocycles. The molecule has 1 fully saturated rings. The number of aliphatic hydroxyl groups excluding tert-OH is 1. The summed E-state index contributed by atoms with van der Waals surface area (Å²) in [5.41, 5.74) is 1.17. The Bertz CT molecular complexity index is 449. The smallest absolute Gasteiger partial charge is 0.431 e. The monoisotopic (exact) mass is 290 g/mol. The molecule has 0 bridgehead atoms. The molecule has 0 unspecified atom stereocenters. The Balaban J connectivity index is 1.62. The summed E-state index contributed by atoms with van der Waals surface area (Å²) < 4.78 is 9.95. The standard InChI is InChI=1S/C17H22O4/c18-15(11-10-14-6-2-1-3-7-14)12-13-20-17(19)21-16-8-4-5-9-16/h1-3,6-7,12-13,15-16,18H,4-5,8-11H2/b13-12+/t15-/m0/s1. The van der Waals surface area contributed by atoms with Crippen molar-refractivity contribution in [3.63, 3.8) is 0 Å². The van der Waals surface area contributed by atoms with Crippen molar-refractivity contribution in [2.75, 3.05) is 0 Å². The Morgan fingerprint density at radius 3 is 2.71 bits per heavy atom. The van der Waals surface area contributed by atoms with Crippen LogP contribution in [0.25, 0.3) is 0 Å². The van der Waals surface area contributed by atoms with Crippen LogP contribution in [-0.2, 0) is 15.9 Å². The van der Waals surface area contributed by atoms with E-state index in [1.807, 2.05) is 30.3 Å². The first-order valence-corrected chi connectivity index (χ1v) is 7.50. The fourth-order valence-electron chi connectivity index (χ4n) is 2.41. The lowest BCUT2D eigenvalue weighted by Gasteiger charge is -2.09. The highest BCUT2D eigenvalue weighted by Crippen LogP contribution is 2.21. The molecule has 1 aliphatic rings. The fourth-order valence-corrected chi connectivity index (χ4v) is 2.41. The van der Waals surface area contributed by atoms with Gasteiger partial charge in [-0.3, -0.25) is 0 Å². The zero-order chi connectivity index (χ0) is 14.9. The number of aryl methyl sites for hydroxylation is 1. The van der Waals surface area contributed by atoms with Gasteiger partial charge in [-0.15, -0.1) is 0 Å². The second kappa shape index (κ2) is 8.47. The van der Waals surface area contributed by atoms with E-state index in [0.29, 0.717) is 6.42 Å². The fraction of sp³-hybridized carbons (Fsp3) is 0.471. The summed E-state index contributed by atoms with van der Waals surface area (Å²) in [7, 11) is 0. The van der Waals surface area contributed by atoms with Crippen molar-refractivity contribution in [1.82, 2.24) is 0 Å². The van der Waals surface area contributed by atoms with Gasteiger partial charge < -0.3 is 14.6 Å². The van der Waals surface area contributed by atoms with E-state index in [0.717, 1.165) is 32.1 Å². The lowest BCUT2D eigenvalue weighted by atomic mass is 10.1. The Morgan fingerprint density at radius 1 is 1.29 bits per heavy atom. The molecule has 1 aliphatic carbocycles. The molecule has 1 atom stereocenters. The highest BCUT2D eigenvalue weighted by atomic mass is 16.7. The maximum atomic E-state index is 11.4. The average molecular weight is 290 g/mol. The van der Waals surface area contributed by atoms with Crippen LogP contribution >= 0.6 is 0 Å². The minimum absolute atomic E-state index is 0.00564. The molecule has 0 radical (unpaired) electrons. The highest BCUT2D eigenvalue weighted by molar-refractivity contribution is 5.60. The molecule has 0 aromatic heterocycles. The van der Waals surface area contributed by atoms with Gasteiger partial charge in [-0.2, -0.15) is 0 Å². The number of carbonyl (C=O) groups is 1. The summed E-state index contributed by atoms with van der Waals surface area (Å²) in [5.74, 6) is 0. The van der Waals surface area contributed by atoms with Crippen LogP contribution in [0.1, 0.15) is 37.7 Å². The molecule has 1 saturated carbocycles. The van der Waals surface area contributed by atoms with E-state index in [-0.39, 0.29) is 6.10 Å². The lowest BCUT2D eigenvalue weighted by molar-refractivity contribution is 0.0487. The van der Waals surface area contributed by atoms with E-state index >= 15 is 0 Å². The molecule has 4 heteroatoms. The molecule has 2 rings (SSSR count). The van der Waals surface area contributed by atoms with Crippen LogP contribution < -0.4 is 0 Å². The van der Waals surface area contributed by atoms with Gasteiger partial charge in [0.1, 0.15) is 6.10 Å². The first-order valence-electron chi connectivity index (χ1n) is 7.50. The maximum absolute atomic E-state index is 11.4. The number of rotatable bonds is 6. The Labute approximate surface area is 125 Å². The minimum Gasteiger partial charge on any atom is -0.431 e. The van der Waals surface area contributed by atoms with Gasteiger partial charge in [0.05, 0.1) is 12.4 Å². The molecular weight excluding hydrogens is 268 g/mol. The first-order chi connectivity index (χ1) is 10.2. The largest absolute Gasteiger partial charge is 0.513 e. The third kappa shape index (κ3) is 6.00. The molecular formula is C17H22O4. The minimum atomic E-state index is -0.687. The summed E-state index contributed by atoms with van der Waals surface area (Å²) in [6, 6.07) is 9.95. The number of benzene rings is 1. The van der Waals surface area contributed by atoms with Gasteiger partial charge in [0.25, 0.3) is 0 Å². The molecule has 1 aromatic rings. The zero-order valence-electron chi connectivity index (χ0n) is 12.1. The van der Waals surface area contributed by atoms with Gasteiger partial charge in [0, 0.05) is 0 Å². The highest BCUT2D eigenvalue weighted by Gasteiger charge is 2.19. The van der Waals surface area contributed by atoms with Gasteiger partial charge in [0.15, 0.2) is 0 Å². The molecule has 0 saturated heterocycles. The summed E-state index contributed by atoms with van der Waals surface area (Å²) in [6.45, 7) is 0. The van der Waals surface area contributed by atoms with E-state index in [4.69, 9.17) is 9.47 Å². The molecule has 1 aromatic carbocycles. The number of carbonyl (C=O) groups excluding carboxylic acids is 1. The predicted octanol–water partition coefficient (Wildman–Crippen LogP) is 3.59. The Hall–Kier alpha value is -1.81. The second-order valence-electron chi connectivity index (χ2n) is 5.31. The van der Waals surface area contributed by atoms with Crippen LogP contribution in [0.2, 0.25) is 0 Å². The predicted molar refractivity (Wildman–Crippen MR) is 79.7 cm³/mol. The van der Waals surface area contributed by atoms with Crippen molar-refractivity contribution in [2.45, 2.75) is 50.7 Å².